The number of hydrogen-bond acceptors (Lipinski definition) is 4. The van der Waals surface area contributed by atoms with E-state index in [9.17, 15) is 0 Å². The van der Waals surface area contributed by atoms with Gasteiger partial charge in [-0.15, -0.1) is 10.2 Å². The van der Waals surface area contributed by atoms with Gasteiger partial charge in [0, 0.05) is 18.8 Å². The molecule has 0 saturated carbocycles. The molecule has 1 aliphatic rings. The summed E-state index contributed by atoms with van der Waals surface area (Å²) in [6, 6.07) is 0. The van der Waals surface area contributed by atoms with Crippen LogP contribution in [0.4, 0.5) is 0 Å². The Morgan fingerprint density at radius 1 is 1.43 bits per heavy atom. The highest BCUT2D eigenvalue weighted by molar-refractivity contribution is 5.33. The van der Waals surface area contributed by atoms with Gasteiger partial charge in [-0.3, -0.25) is 9.38 Å². The Labute approximate surface area is 81.2 Å². The van der Waals surface area contributed by atoms with Crippen molar-refractivity contribution in [1.29, 1.82) is 0 Å². The van der Waals surface area contributed by atoms with Gasteiger partial charge in [0.05, 0.1) is 6.20 Å². The minimum Gasteiger partial charge on any atom is -0.316 e. The van der Waals surface area contributed by atoms with E-state index in [2.05, 4.69) is 20.5 Å². The van der Waals surface area contributed by atoms with Crippen LogP contribution in [-0.4, -0.2) is 32.7 Å². The fraction of sp³-hybridized carbons (Fsp3) is 0.444. The zero-order valence-corrected chi connectivity index (χ0v) is 7.72. The SMILES string of the molecule is c1cn2c(CC3CNC3)nnc2cn1. The van der Waals surface area contributed by atoms with E-state index in [1.54, 1.807) is 12.4 Å². The molecule has 0 bridgehead atoms. The molecule has 2 aromatic heterocycles. The minimum atomic E-state index is 0.718. The molecule has 1 N–H and O–H groups in total. The quantitative estimate of drug-likeness (QED) is 0.716. The van der Waals surface area contributed by atoms with E-state index < -0.39 is 0 Å². The molecule has 5 heteroatoms. The average Bonchev–Trinajstić information content (AvgIpc) is 2.55. The van der Waals surface area contributed by atoms with Gasteiger partial charge < -0.3 is 5.32 Å². The van der Waals surface area contributed by atoms with Gasteiger partial charge in [0.15, 0.2) is 5.65 Å². The summed E-state index contributed by atoms with van der Waals surface area (Å²) in [4.78, 5) is 4.00. The Hall–Kier alpha value is -1.49. The van der Waals surface area contributed by atoms with E-state index in [4.69, 9.17) is 0 Å². The molecule has 0 aliphatic carbocycles. The standard InChI is InChI=1S/C9H11N5/c1-2-14-8(3-7-4-11-5-7)12-13-9(14)6-10-1/h1-2,6-7,11H,3-5H2. The highest BCUT2D eigenvalue weighted by atomic mass is 15.2. The smallest absolute Gasteiger partial charge is 0.179 e. The van der Waals surface area contributed by atoms with Crippen LogP contribution in [0, 0.1) is 5.92 Å². The molecule has 5 nitrogen and oxygen atoms in total. The molecule has 0 aromatic carbocycles. The number of fused-ring (bicyclic) bond motifs is 1. The zero-order valence-electron chi connectivity index (χ0n) is 7.72. The van der Waals surface area contributed by atoms with Crippen LogP contribution >= 0.6 is 0 Å². The number of nitrogens with zero attached hydrogens (tertiary/aromatic N) is 4. The van der Waals surface area contributed by atoms with E-state index >= 15 is 0 Å². The summed E-state index contributed by atoms with van der Waals surface area (Å²) in [6.45, 7) is 2.19. The predicted octanol–water partition coefficient (Wildman–Crippen LogP) is -0.114. The molecule has 1 fully saturated rings. The lowest BCUT2D eigenvalue weighted by Gasteiger charge is -2.26. The lowest BCUT2D eigenvalue weighted by atomic mass is 9.99. The Kier molecular flexibility index (Phi) is 1.70. The first-order valence-corrected chi connectivity index (χ1v) is 4.78. The third-order valence-electron chi connectivity index (χ3n) is 2.62. The van der Waals surface area contributed by atoms with Crippen LogP contribution in [-0.2, 0) is 6.42 Å². The number of rotatable bonds is 2. The van der Waals surface area contributed by atoms with Gasteiger partial charge in [-0.1, -0.05) is 0 Å². The molecule has 0 radical (unpaired) electrons. The molecule has 1 saturated heterocycles. The van der Waals surface area contributed by atoms with Crippen LogP contribution < -0.4 is 5.32 Å². The second-order valence-electron chi connectivity index (χ2n) is 3.65. The monoisotopic (exact) mass is 189 g/mol. The van der Waals surface area contributed by atoms with E-state index in [0.29, 0.717) is 0 Å². The Morgan fingerprint density at radius 2 is 2.36 bits per heavy atom. The zero-order chi connectivity index (χ0) is 9.38. The van der Waals surface area contributed by atoms with Crippen molar-refractivity contribution in [2.75, 3.05) is 13.1 Å². The van der Waals surface area contributed by atoms with Crippen molar-refractivity contribution in [2.24, 2.45) is 5.92 Å². The molecular formula is C9H11N5. The van der Waals surface area contributed by atoms with E-state index in [0.717, 1.165) is 36.9 Å². The maximum Gasteiger partial charge on any atom is 0.179 e. The summed E-state index contributed by atoms with van der Waals surface area (Å²) in [5.41, 5.74) is 0.829. The van der Waals surface area contributed by atoms with Crippen molar-refractivity contribution < 1.29 is 0 Å². The lowest BCUT2D eigenvalue weighted by molar-refractivity contribution is 0.340. The first-order valence-electron chi connectivity index (χ1n) is 4.78. The van der Waals surface area contributed by atoms with Crippen molar-refractivity contribution in [3.63, 3.8) is 0 Å². The van der Waals surface area contributed by atoms with Crippen LogP contribution in [0.15, 0.2) is 18.6 Å². The fourth-order valence-electron chi connectivity index (χ4n) is 1.69. The van der Waals surface area contributed by atoms with E-state index in [-0.39, 0.29) is 0 Å². The van der Waals surface area contributed by atoms with Crippen LogP contribution in [0.25, 0.3) is 5.65 Å². The van der Waals surface area contributed by atoms with Gasteiger partial charge in [0.1, 0.15) is 5.82 Å². The normalized spacial score (nSPS) is 17.1. The van der Waals surface area contributed by atoms with Gasteiger partial charge in [-0.05, 0) is 19.0 Å². The van der Waals surface area contributed by atoms with Crippen LogP contribution in [0.1, 0.15) is 5.82 Å². The Bertz CT molecular complexity index is 445. The van der Waals surface area contributed by atoms with Gasteiger partial charge >= 0.3 is 0 Å². The molecule has 2 aromatic rings. The van der Waals surface area contributed by atoms with E-state index in [1.165, 1.54) is 0 Å². The molecule has 3 rings (SSSR count). The van der Waals surface area contributed by atoms with Crippen molar-refractivity contribution in [3.05, 3.63) is 24.4 Å². The molecule has 0 atom stereocenters. The van der Waals surface area contributed by atoms with Gasteiger partial charge in [0.25, 0.3) is 0 Å². The molecule has 3 heterocycles. The molecule has 14 heavy (non-hydrogen) atoms. The van der Waals surface area contributed by atoms with Crippen LogP contribution in [0.3, 0.4) is 0 Å². The molecule has 72 valence electrons. The molecular weight excluding hydrogens is 178 g/mol. The summed E-state index contributed by atoms with van der Waals surface area (Å²) >= 11 is 0. The minimum absolute atomic E-state index is 0.718. The maximum absolute atomic E-state index is 4.16. The Morgan fingerprint density at radius 3 is 3.14 bits per heavy atom. The largest absolute Gasteiger partial charge is 0.316 e. The topological polar surface area (TPSA) is 55.1 Å². The summed E-state index contributed by atoms with van der Waals surface area (Å²) < 4.78 is 2.01. The van der Waals surface area contributed by atoms with Crippen molar-refractivity contribution >= 4 is 5.65 Å². The maximum atomic E-state index is 4.16. The predicted molar refractivity (Wildman–Crippen MR) is 50.8 cm³/mol. The molecule has 0 amide bonds. The van der Waals surface area contributed by atoms with Crippen molar-refractivity contribution in [3.8, 4) is 0 Å². The second-order valence-corrected chi connectivity index (χ2v) is 3.65. The summed E-state index contributed by atoms with van der Waals surface area (Å²) in [5, 5.41) is 11.5. The lowest BCUT2D eigenvalue weighted by Crippen LogP contribution is -2.43. The third kappa shape index (κ3) is 1.17. The molecule has 0 unspecified atom stereocenters. The fourth-order valence-corrected chi connectivity index (χ4v) is 1.69. The average molecular weight is 189 g/mol. The van der Waals surface area contributed by atoms with Crippen molar-refractivity contribution in [1.82, 2.24) is 24.9 Å². The number of aromatic nitrogens is 4. The van der Waals surface area contributed by atoms with Gasteiger partial charge in [0.2, 0.25) is 0 Å². The second kappa shape index (κ2) is 3.02. The number of hydrogen-bond donors (Lipinski definition) is 1. The first-order chi connectivity index (χ1) is 6.93. The Balaban J connectivity index is 1.95. The summed E-state index contributed by atoms with van der Waals surface area (Å²) in [7, 11) is 0. The van der Waals surface area contributed by atoms with Crippen molar-refractivity contribution in [2.45, 2.75) is 6.42 Å². The van der Waals surface area contributed by atoms with E-state index in [1.807, 2.05) is 10.6 Å². The number of nitrogens with one attached hydrogen (secondary N) is 1. The highest BCUT2D eigenvalue weighted by Crippen LogP contribution is 2.11. The molecule has 0 spiro atoms. The third-order valence-corrected chi connectivity index (χ3v) is 2.62. The molecule has 1 aliphatic heterocycles. The summed E-state index contributed by atoms with van der Waals surface area (Å²) in [5.74, 6) is 1.75. The van der Waals surface area contributed by atoms with Crippen LogP contribution in [0.2, 0.25) is 0 Å². The van der Waals surface area contributed by atoms with Crippen LogP contribution in [0.5, 0.6) is 0 Å². The highest BCUT2D eigenvalue weighted by Gasteiger charge is 2.19. The van der Waals surface area contributed by atoms with Gasteiger partial charge in [-0.25, -0.2) is 0 Å². The van der Waals surface area contributed by atoms with Gasteiger partial charge in [-0.2, -0.15) is 0 Å². The first kappa shape index (κ1) is 7.87. The summed E-state index contributed by atoms with van der Waals surface area (Å²) in [6.07, 6.45) is 6.41.